The van der Waals surface area contributed by atoms with Crippen molar-refractivity contribution in [1.29, 1.82) is 0 Å². The number of phenols is 1. The van der Waals surface area contributed by atoms with Crippen LogP contribution in [0.4, 0.5) is 0 Å². The number of phenolic OH excluding ortho intramolecular Hbond substituents is 1. The van der Waals surface area contributed by atoms with Crippen LogP contribution in [-0.4, -0.2) is 141 Å². The number of guanidine groups is 1. The molecule has 7 atom stereocenters. The number of fused-ring (bicyclic) bond motifs is 2. The van der Waals surface area contributed by atoms with Gasteiger partial charge in [0.2, 0.25) is 12.1 Å². The van der Waals surface area contributed by atoms with Crippen molar-refractivity contribution >= 4 is 29.3 Å². The summed E-state index contributed by atoms with van der Waals surface area (Å²) in [7, 11) is 2.64. The van der Waals surface area contributed by atoms with Crippen molar-refractivity contribution in [2.45, 2.75) is 62.6 Å². The third-order valence-corrected chi connectivity index (χ3v) is 11.2. The Morgan fingerprint density at radius 1 is 1.08 bits per heavy atom. The lowest BCUT2D eigenvalue weighted by atomic mass is 9.75. The van der Waals surface area contributed by atoms with E-state index in [2.05, 4.69) is 15.6 Å². The zero-order chi connectivity index (χ0) is 43.8. The summed E-state index contributed by atoms with van der Waals surface area (Å²) in [5, 5.41) is 83.7. The van der Waals surface area contributed by atoms with Gasteiger partial charge in [-0.3, -0.25) is 29.1 Å². The van der Waals surface area contributed by atoms with Crippen LogP contribution in [0.1, 0.15) is 67.4 Å². The number of nitrogens with one attached hydrogen (secondary N) is 2. The number of rotatable bonds is 14. The number of hydrogen-bond acceptors (Lipinski definition) is 17. The van der Waals surface area contributed by atoms with E-state index in [1.54, 1.807) is 13.0 Å². The highest BCUT2D eigenvalue weighted by atomic mass is 16.7. The number of ketones is 2. The van der Waals surface area contributed by atoms with Crippen LogP contribution in [0.3, 0.4) is 0 Å². The topological polar surface area (TPSA) is 329 Å². The van der Waals surface area contributed by atoms with E-state index in [1.165, 1.54) is 26.3 Å². The molecule has 0 saturated carbocycles. The predicted molar refractivity (Wildman–Crippen MR) is 209 cm³/mol. The molecule has 13 N–H and O–H groups in total. The number of aliphatic imine (C=N–C) groups is 1. The van der Waals surface area contributed by atoms with Crippen molar-refractivity contribution in [3.63, 3.8) is 0 Å². The Bertz CT molecular complexity index is 2200. The lowest BCUT2D eigenvalue weighted by Crippen LogP contribution is -2.68. The molecule has 1 aliphatic carbocycles. The van der Waals surface area contributed by atoms with Gasteiger partial charge >= 0.3 is 0 Å². The van der Waals surface area contributed by atoms with Crippen LogP contribution < -0.4 is 31.6 Å². The standard InChI is InChI=1S/C40H48N6O14/c1-17-10-20-31(34(53)29(17)22(7-9-47)45-39(42)43-2)35(54)32-24(12-23(58-3)21(15-48)30(32)33(20)52)59-38-36(55)37(56)40(57,25(16-49)60-38)13-19(18-6-8-44-26(41)11-18)14-46-27(50)4-5-28(46)51/h4-6,10-12,19,22,25,36-38,44,47-49,53,55-57H,7-9,13-16,41H2,1-3H3,(H3,42,43,45)/t19-,22+,25-,36-,37-,38-,40-/m1/s1. The van der Waals surface area contributed by atoms with Gasteiger partial charge in [0, 0.05) is 73.1 Å². The average molecular weight is 837 g/mol. The molecule has 3 heterocycles. The van der Waals surface area contributed by atoms with Crippen LogP contribution in [0.25, 0.3) is 0 Å². The van der Waals surface area contributed by atoms with Gasteiger partial charge < -0.3 is 72.1 Å². The number of carbonyl (C=O) groups excluding carboxylic acids is 4. The van der Waals surface area contributed by atoms with E-state index in [9.17, 15) is 54.9 Å². The molecule has 1 fully saturated rings. The summed E-state index contributed by atoms with van der Waals surface area (Å²) in [6.45, 7) is -0.572. The van der Waals surface area contributed by atoms with E-state index in [4.69, 9.17) is 25.7 Å². The smallest absolute Gasteiger partial charge is 0.253 e. The zero-order valence-corrected chi connectivity index (χ0v) is 32.9. The number of amides is 2. The monoisotopic (exact) mass is 836 g/mol. The Hall–Kier alpha value is -5.87. The SMILES string of the molecule is CN=C(N)N[C@@H](CCO)c1c(C)cc2c(c1O)C(=O)c1c(O[C@@H]3O[C@H](CO)[C@](O)(C[C@H](CN4C(=O)C=CC4=O)C4=CCNC(N)=C4)[C@H](O)[C@H]3O)cc(OC)c(CO)c1C2=O. The molecule has 2 aromatic carbocycles. The molecule has 20 heteroatoms. The van der Waals surface area contributed by atoms with E-state index >= 15 is 0 Å². The normalized spacial score (nSPS) is 24.9. The van der Waals surface area contributed by atoms with Gasteiger partial charge in [-0.2, -0.15) is 0 Å². The summed E-state index contributed by atoms with van der Waals surface area (Å²) >= 11 is 0. The summed E-state index contributed by atoms with van der Waals surface area (Å²) in [6, 6.07) is 1.63. The van der Waals surface area contributed by atoms with Crippen LogP contribution in [0.5, 0.6) is 17.2 Å². The third kappa shape index (κ3) is 7.69. The Balaban J connectivity index is 1.39. The number of aryl methyl sites for hydroxylation is 1. The maximum Gasteiger partial charge on any atom is 0.253 e. The fraction of sp³-hybridized carbons (Fsp3) is 0.425. The molecule has 4 aliphatic rings. The van der Waals surface area contributed by atoms with Crippen molar-refractivity contribution in [3.05, 3.63) is 86.8 Å². The van der Waals surface area contributed by atoms with Gasteiger partial charge in [-0.05, 0) is 43.0 Å². The summed E-state index contributed by atoms with van der Waals surface area (Å²) < 4.78 is 17.4. The number of carbonyl (C=O) groups is 4. The molecule has 322 valence electrons. The number of methoxy groups -OCH3 is 1. The lowest BCUT2D eigenvalue weighted by molar-refractivity contribution is -0.316. The number of hydrogen-bond donors (Lipinski definition) is 11. The van der Waals surface area contributed by atoms with E-state index in [0.29, 0.717) is 11.1 Å². The molecule has 0 unspecified atom stereocenters. The largest absolute Gasteiger partial charge is 0.507 e. The number of aliphatic hydroxyl groups is 6. The van der Waals surface area contributed by atoms with Gasteiger partial charge in [0.1, 0.15) is 41.2 Å². The summed E-state index contributed by atoms with van der Waals surface area (Å²) in [6.07, 6.45) is -3.05. The fourth-order valence-electron chi connectivity index (χ4n) is 8.21. The second-order valence-electron chi connectivity index (χ2n) is 14.7. The van der Waals surface area contributed by atoms with Gasteiger partial charge in [-0.1, -0.05) is 6.08 Å². The molecule has 60 heavy (non-hydrogen) atoms. The van der Waals surface area contributed by atoms with E-state index in [1.807, 2.05) is 0 Å². The Morgan fingerprint density at radius 2 is 1.78 bits per heavy atom. The minimum atomic E-state index is -2.47. The van der Waals surface area contributed by atoms with Crippen molar-refractivity contribution in [3.8, 4) is 17.2 Å². The van der Waals surface area contributed by atoms with Gasteiger partial charge in [-0.25, -0.2) is 0 Å². The molecular formula is C40H48N6O14. The number of dihydropyridines is 1. The van der Waals surface area contributed by atoms with Crippen LogP contribution in [0, 0.1) is 12.8 Å². The Labute approximate surface area is 343 Å². The first-order chi connectivity index (χ1) is 28.5. The molecular weight excluding hydrogens is 788 g/mol. The Morgan fingerprint density at radius 3 is 2.38 bits per heavy atom. The van der Waals surface area contributed by atoms with Gasteiger partial charge in [0.05, 0.1) is 43.3 Å². The molecule has 3 aliphatic heterocycles. The average Bonchev–Trinajstić information content (AvgIpc) is 3.54. The number of nitrogens with zero attached hydrogens (tertiary/aromatic N) is 2. The minimum Gasteiger partial charge on any atom is -0.507 e. The molecule has 0 bridgehead atoms. The third-order valence-electron chi connectivity index (χ3n) is 11.2. The second-order valence-corrected chi connectivity index (χ2v) is 14.7. The first-order valence-corrected chi connectivity index (χ1v) is 18.9. The molecule has 20 nitrogen and oxygen atoms in total. The molecule has 0 radical (unpaired) electrons. The minimum absolute atomic E-state index is 0.00593. The first kappa shape index (κ1) is 43.7. The van der Waals surface area contributed by atoms with Gasteiger partial charge in [0.15, 0.2) is 11.7 Å². The van der Waals surface area contributed by atoms with Crippen LogP contribution in [-0.2, 0) is 20.9 Å². The molecule has 0 spiro atoms. The van der Waals surface area contributed by atoms with Crippen LogP contribution >= 0.6 is 0 Å². The second kappa shape index (κ2) is 17.4. The highest BCUT2D eigenvalue weighted by Crippen LogP contribution is 2.46. The molecule has 2 aromatic rings. The number of benzene rings is 2. The number of aromatic hydroxyl groups is 1. The van der Waals surface area contributed by atoms with Gasteiger partial charge in [-0.15, -0.1) is 0 Å². The lowest BCUT2D eigenvalue weighted by Gasteiger charge is -2.49. The number of nitrogens with two attached hydrogens (primary N) is 2. The van der Waals surface area contributed by atoms with E-state index < -0.39 is 108 Å². The molecule has 6 rings (SSSR count). The van der Waals surface area contributed by atoms with E-state index in [0.717, 1.165) is 23.1 Å². The van der Waals surface area contributed by atoms with Crippen LogP contribution in [0.15, 0.2) is 52.8 Å². The van der Waals surface area contributed by atoms with E-state index in [-0.39, 0.29) is 65.9 Å². The number of ether oxygens (including phenoxy) is 3. The van der Waals surface area contributed by atoms with Crippen molar-refractivity contribution in [2.24, 2.45) is 22.4 Å². The van der Waals surface area contributed by atoms with Crippen molar-refractivity contribution in [2.75, 3.05) is 40.5 Å². The Kier molecular flexibility index (Phi) is 12.7. The maximum absolute atomic E-state index is 14.6. The summed E-state index contributed by atoms with van der Waals surface area (Å²) in [5.41, 5.74) is 8.76. The molecule has 2 amide bonds. The number of allylic oxidation sites excluding steroid dienone is 1. The number of imide groups is 1. The number of aliphatic hydroxyl groups excluding tert-OH is 5. The summed E-state index contributed by atoms with van der Waals surface area (Å²) in [4.78, 5) is 58.9. The van der Waals surface area contributed by atoms with Crippen molar-refractivity contribution < 1.29 is 69.1 Å². The first-order valence-electron chi connectivity index (χ1n) is 18.9. The highest BCUT2D eigenvalue weighted by Gasteiger charge is 2.57. The van der Waals surface area contributed by atoms with Crippen LogP contribution in [0.2, 0.25) is 0 Å². The highest BCUT2D eigenvalue weighted by molar-refractivity contribution is 6.31. The van der Waals surface area contributed by atoms with Crippen molar-refractivity contribution in [1.82, 2.24) is 15.5 Å². The maximum atomic E-state index is 14.6. The van der Waals surface area contributed by atoms with Gasteiger partial charge in [0.25, 0.3) is 11.8 Å². The zero-order valence-electron chi connectivity index (χ0n) is 32.9. The fourth-order valence-corrected chi connectivity index (χ4v) is 8.21. The molecule has 0 aromatic heterocycles. The molecule has 1 saturated heterocycles. The quantitative estimate of drug-likeness (QED) is 0.0464. The predicted octanol–water partition coefficient (Wildman–Crippen LogP) is -2.26. The summed E-state index contributed by atoms with van der Waals surface area (Å²) in [5.74, 6) is -4.92.